The van der Waals surface area contributed by atoms with E-state index in [-0.39, 0.29) is 31.1 Å². The summed E-state index contributed by atoms with van der Waals surface area (Å²) in [6, 6.07) is 0. The van der Waals surface area contributed by atoms with Crippen molar-refractivity contribution in [2.24, 2.45) is 0 Å². The van der Waals surface area contributed by atoms with Gasteiger partial charge in [-0.2, -0.15) is 0 Å². The van der Waals surface area contributed by atoms with E-state index in [1.54, 1.807) is 0 Å². The Bertz CT molecular complexity index is 1040. The highest BCUT2D eigenvalue weighted by Gasteiger charge is 2.19. The predicted molar refractivity (Wildman–Crippen MR) is 289 cm³/mol. The molecular weight excluding hydrogens is 829 g/mol. The summed E-state index contributed by atoms with van der Waals surface area (Å²) in [5.74, 6) is -0.842. The van der Waals surface area contributed by atoms with E-state index in [1.165, 1.54) is 244 Å². The molecular formula is C61H116O6. The van der Waals surface area contributed by atoms with Gasteiger partial charge < -0.3 is 14.2 Å². The fourth-order valence-electron chi connectivity index (χ4n) is 9.21. The number of hydrogen-bond acceptors (Lipinski definition) is 6. The Morgan fingerprint density at radius 2 is 0.493 bits per heavy atom. The largest absolute Gasteiger partial charge is 0.462 e. The third-order valence-electron chi connectivity index (χ3n) is 13.8. The van der Waals surface area contributed by atoms with E-state index in [9.17, 15) is 14.4 Å². The zero-order valence-electron chi connectivity index (χ0n) is 45.5. The Hall–Kier alpha value is -1.85. The summed E-state index contributed by atoms with van der Waals surface area (Å²) in [5.41, 5.74) is 0. The lowest BCUT2D eigenvalue weighted by Gasteiger charge is -2.18. The fraction of sp³-hybridized carbons (Fsp3) is 0.918. The molecule has 0 fully saturated rings. The number of esters is 3. The Morgan fingerprint density at radius 3 is 0.746 bits per heavy atom. The van der Waals surface area contributed by atoms with Crippen LogP contribution in [0.1, 0.15) is 342 Å². The van der Waals surface area contributed by atoms with Crippen LogP contribution < -0.4 is 0 Å². The average molecular weight is 946 g/mol. The highest BCUT2D eigenvalue weighted by molar-refractivity contribution is 5.71. The lowest BCUT2D eigenvalue weighted by Crippen LogP contribution is -2.30. The zero-order chi connectivity index (χ0) is 48.6. The van der Waals surface area contributed by atoms with E-state index in [2.05, 4.69) is 32.9 Å². The standard InChI is InChI=1S/C61H116O6/c1-4-7-10-13-16-19-22-25-28-30-33-36-39-42-45-48-51-54-60(63)66-57-58(56-65-59(62)53-50-47-44-41-38-35-32-27-24-21-18-15-12-9-6-3)67-61(64)55-52-49-46-43-40-37-34-31-29-26-23-20-17-14-11-8-5-2/h25,28,58H,4-24,26-27,29-57H2,1-3H3/b28-25-/t58-/m1/s1. The van der Waals surface area contributed by atoms with E-state index >= 15 is 0 Å². The smallest absolute Gasteiger partial charge is 0.306 e. The molecule has 6 heteroatoms. The van der Waals surface area contributed by atoms with Gasteiger partial charge in [-0.1, -0.05) is 290 Å². The van der Waals surface area contributed by atoms with Gasteiger partial charge in [-0.3, -0.25) is 14.4 Å². The molecule has 0 aliphatic rings. The van der Waals surface area contributed by atoms with Gasteiger partial charge in [0.15, 0.2) is 6.10 Å². The second-order valence-corrected chi connectivity index (χ2v) is 20.6. The lowest BCUT2D eigenvalue weighted by atomic mass is 10.0. The molecule has 67 heavy (non-hydrogen) atoms. The van der Waals surface area contributed by atoms with E-state index < -0.39 is 6.10 Å². The number of unbranched alkanes of at least 4 members (excludes halogenated alkanes) is 43. The summed E-state index contributed by atoms with van der Waals surface area (Å²) in [6.45, 7) is 6.70. The van der Waals surface area contributed by atoms with Gasteiger partial charge in [-0.05, 0) is 44.9 Å². The molecule has 0 N–H and O–H groups in total. The molecule has 0 amide bonds. The highest BCUT2D eigenvalue weighted by atomic mass is 16.6. The monoisotopic (exact) mass is 945 g/mol. The Balaban J connectivity index is 4.31. The molecule has 0 aromatic carbocycles. The molecule has 0 spiro atoms. The molecule has 1 atom stereocenters. The number of carbonyl (C=O) groups excluding carboxylic acids is 3. The van der Waals surface area contributed by atoms with E-state index in [4.69, 9.17) is 14.2 Å². The summed E-state index contributed by atoms with van der Waals surface area (Å²) in [5, 5.41) is 0. The molecule has 0 aliphatic heterocycles. The number of hydrogen-bond donors (Lipinski definition) is 0. The molecule has 0 heterocycles. The van der Waals surface area contributed by atoms with Crippen LogP contribution in [0.25, 0.3) is 0 Å². The van der Waals surface area contributed by atoms with Gasteiger partial charge in [-0.25, -0.2) is 0 Å². The number of ether oxygens (including phenoxy) is 3. The van der Waals surface area contributed by atoms with Crippen LogP contribution in [0.3, 0.4) is 0 Å². The van der Waals surface area contributed by atoms with Crippen molar-refractivity contribution in [2.75, 3.05) is 13.2 Å². The van der Waals surface area contributed by atoms with Gasteiger partial charge >= 0.3 is 17.9 Å². The van der Waals surface area contributed by atoms with Crippen molar-refractivity contribution in [3.05, 3.63) is 12.2 Å². The van der Waals surface area contributed by atoms with Crippen LogP contribution in [0.15, 0.2) is 12.2 Å². The van der Waals surface area contributed by atoms with Gasteiger partial charge in [-0.15, -0.1) is 0 Å². The normalized spacial score (nSPS) is 12.0. The van der Waals surface area contributed by atoms with Crippen molar-refractivity contribution in [3.8, 4) is 0 Å². The van der Waals surface area contributed by atoms with E-state index in [0.717, 1.165) is 57.8 Å². The van der Waals surface area contributed by atoms with E-state index in [1.807, 2.05) is 0 Å². The Morgan fingerprint density at radius 1 is 0.284 bits per heavy atom. The number of carbonyl (C=O) groups is 3. The summed E-state index contributed by atoms with van der Waals surface area (Å²) in [6.07, 6.45) is 64.9. The van der Waals surface area contributed by atoms with E-state index in [0.29, 0.717) is 19.3 Å². The predicted octanol–water partition coefficient (Wildman–Crippen LogP) is 20.1. The first-order chi connectivity index (χ1) is 33.0. The first-order valence-corrected chi connectivity index (χ1v) is 30.2. The van der Waals surface area contributed by atoms with Crippen molar-refractivity contribution >= 4 is 17.9 Å². The van der Waals surface area contributed by atoms with Crippen LogP contribution in [0.2, 0.25) is 0 Å². The van der Waals surface area contributed by atoms with Crippen LogP contribution >= 0.6 is 0 Å². The molecule has 0 rings (SSSR count). The fourth-order valence-corrected chi connectivity index (χ4v) is 9.21. The zero-order valence-corrected chi connectivity index (χ0v) is 45.5. The summed E-state index contributed by atoms with van der Waals surface area (Å²) in [4.78, 5) is 38.2. The van der Waals surface area contributed by atoms with Crippen LogP contribution in [0.5, 0.6) is 0 Å². The summed E-state index contributed by atoms with van der Waals surface area (Å²) in [7, 11) is 0. The van der Waals surface area contributed by atoms with Crippen molar-refractivity contribution in [1.29, 1.82) is 0 Å². The second-order valence-electron chi connectivity index (χ2n) is 20.6. The molecule has 0 aliphatic carbocycles. The maximum Gasteiger partial charge on any atom is 0.306 e. The maximum atomic E-state index is 12.9. The third-order valence-corrected chi connectivity index (χ3v) is 13.8. The molecule has 0 aromatic heterocycles. The van der Waals surface area contributed by atoms with Gasteiger partial charge in [0.1, 0.15) is 13.2 Å². The van der Waals surface area contributed by atoms with Crippen LogP contribution in [0, 0.1) is 0 Å². The van der Waals surface area contributed by atoms with Gasteiger partial charge in [0.25, 0.3) is 0 Å². The second kappa shape index (κ2) is 56.7. The van der Waals surface area contributed by atoms with Crippen LogP contribution in [-0.2, 0) is 28.6 Å². The van der Waals surface area contributed by atoms with Gasteiger partial charge in [0, 0.05) is 19.3 Å². The Labute approximate surface area is 418 Å². The van der Waals surface area contributed by atoms with Crippen molar-refractivity contribution in [3.63, 3.8) is 0 Å². The molecule has 6 nitrogen and oxygen atoms in total. The number of rotatable bonds is 56. The van der Waals surface area contributed by atoms with Crippen LogP contribution in [0.4, 0.5) is 0 Å². The maximum absolute atomic E-state index is 12.9. The third kappa shape index (κ3) is 55.0. The van der Waals surface area contributed by atoms with Gasteiger partial charge in [0.2, 0.25) is 0 Å². The molecule has 396 valence electrons. The first kappa shape index (κ1) is 65.1. The lowest BCUT2D eigenvalue weighted by molar-refractivity contribution is -0.167. The minimum absolute atomic E-state index is 0.0649. The molecule has 0 unspecified atom stereocenters. The summed E-state index contributed by atoms with van der Waals surface area (Å²) < 4.78 is 16.9. The average Bonchev–Trinajstić information content (AvgIpc) is 3.33. The molecule has 0 radical (unpaired) electrons. The minimum Gasteiger partial charge on any atom is -0.462 e. The molecule has 0 saturated heterocycles. The topological polar surface area (TPSA) is 78.9 Å². The minimum atomic E-state index is -0.766. The quantitative estimate of drug-likeness (QED) is 0.0262. The van der Waals surface area contributed by atoms with Crippen molar-refractivity contribution in [1.82, 2.24) is 0 Å². The van der Waals surface area contributed by atoms with Crippen molar-refractivity contribution < 1.29 is 28.6 Å². The molecule has 0 bridgehead atoms. The highest BCUT2D eigenvalue weighted by Crippen LogP contribution is 2.17. The Kier molecular flexibility index (Phi) is 55.2. The molecule has 0 aromatic rings. The first-order valence-electron chi connectivity index (χ1n) is 30.2. The number of allylic oxidation sites excluding steroid dienone is 2. The van der Waals surface area contributed by atoms with Crippen LogP contribution in [-0.4, -0.2) is 37.2 Å². The van der Waals surface area contributed by atoms with Crippen molar-refractivity contribution in [2.45, 2.75) is 348 Å². The summed E-state index contributed by atoms with van der Waals surface area (Å²) >= 11 is 0. The molecule has 0 saturated carbocycles. The SMILES string of the molecule is CCCCCCCC/C=C\CCCCCCCCCC(=O)OC[C@@H](COC(=O)CCCCCCCCCCCCCCCCC)OC(=O)CCCCCCCCCCCCCCCCCCC. The van der Waals surface area contributed by atoms with Gasteiger partial charge in [0.05, 0.1) is 0 Å².